The van der Waals surface area contributed by atoms with Crippen LogP contribution >= 0.6 is 11.6 Å². The van der Waals surface area contributed by atoms with Gasteiger partial charge >= 0.3 is 0 Å². The summed E-state index contributed by atoms with van der Waals surface area (Å²) in [6.45, 7) is 4.53. The predicted molar refractivity (Wildman–Crippen MR) is 113 cm³/mol. The second-order valence-electron chi connectivity index (χ2n) is 7.44. The lowest BCUT2D eigenvalue weighted by Gasteiger charge is -2.16. The summed E-state index contributed by atoms with van der Waals surface area (Å²) in [7, 11) is 1.49. The molecule has 2 N–H and O–H groups in total. The normalized spacial score (nSPS) is 13.1. The maximum Gasteiger partial charge on any atom is 0.255 e. The molecule has 1 fully saturated rings. The van der Waals surface area contributed by atoms with E-state index in [1.165, 1.54) is 13.2 Å². The van der Waals surface area contributed by atoms with E-state index < -0.39 is 5.91 Å². The van der Waals surface area contributed by atoms with E-state index in [9.17, 15) is 9.59 Å². The number of rotatable bonds is 8. The summed E-state index contributed by atoms with van der Waals surface area (Å²) in [4.78, 5) is 25.3. The lowest BCUT2D eigenvalue weighted by molar-refractivity contribution is 0.0952. The molecule has 2 amide bonds. The van der Waals surface area contributed by atoms with Crippen LogP contribution in [0.1, 0.15) is 47.4 Å². The third-order valence-corrected chi connectivity index (χ3v) is 4.67. The van der Waals surface area contributed by atoms with Gasteiger partial charge in [-0.1, -0.05) is 37.6 Å². The Kier molecular flexibility index (Phi) is 6.64. The Labute approximate surface area is 175 Å². The summed E-state index contributed by atoms with van der Waals surface area (Å²) in [6, 6.07) is 10.2. The summed E-state index contributed by atoms with van der Waals surface area (Å²) >= 11 is 6.34. The van der Waals surface area contributed by atoms with Gasteiger partial charge in [-0.05, 0) is 43.0 Å². The minimum absolute atomic E-state index is 0.198. The average Bonchev–Trinajstić information content (AvgIpc) is 3.50. The number of anilines is 1. The molecule has 0 aliphatic heterocycles. The van der Waals surface area contributed by atoms with Crippen LogP contribution in [0.15, 0.2) is 36.4 Å². The van der Waals surface area contributed by atoms with Crippen LogP contribution in [0.3, 0.4) is 0 Å². The van der Waals surface area contributed by atoms with Crippen molar-refractivity contribution in [1.82, 2.24) is 5.32 Å². The summed E-state index contributed by atoms with van der Waals surface area (Å²) < 4.78 is 11.1. The quantitative estimate of drug-likeness (QED) is 0.662. The third kappa shape index (κ3) is 5.41. The molecule has 154 valence electrons. The molecule has 0 radical (unpaired) electrons. The largest absolute Gasteiger partial charge is 0.493 e. The number of hydrogen-bond donors (Lipinski definition) is 2. The third-order valence-electron chi connectivity index (χ3n) is 4.39. The maximum absolute atomic E-state index is 12.8. The molecule has 0 bridgehead atoms. The topological polar surface area (TPSA) is 76.7 Å². The first-order valence-corrected chi connectivity index (χ1v) is 9.98. The van der Waals surface area contributed by atoms with E-state index >= 15 is 0 Å². The molecule has 0 spiro atoms. The molecule has 0 atom stereocenters. The highest BCUT2D eigenvalue weighted by atomic mass is 35.5. The molecule has 0 unspecified atom stereocenters. The molecular formula is C22H25ClN2O4. The van der Waals surface area contributed by atoms with Crippen LogP contribution in [0.4, 0.5) is 5.69 Å². The van der Waals surface area contributed by atoms with Crippen molar-refractivity contribution >= 4 is 29.1 Å². The van der Waals surface area contributed by atoms with Crippen LogP contribution < -0.4 is 20.1 Å². The van der Waals surface area contributed by atoms with Gasteiger partial charge in [0.05, 0.1) is 30.0 Å². The van der Waals surface area contributed by atoms with Gasteiger partial charge in [0.15, 0.2) is 11.5 Å². The van der Waals surface area contributed by atoms with Crippen molar-refractivity contribution in [3.8, 4) is 11.5 Å². The highest BCUT2D eigenvalue weighted by molar-refractivity contribution is 6.32. The standard InChI is InChI=1S/C22H25ClN2O4/c1-13(2)12-29-20-17(23)10-14(11-19(20)28-3)21(26)25-18-7-5-4-6-16(18)22(27)24-15-8-9-15/h4-7,10-11,13,15H,8-9,12H2,1-3H3,(H,24,27)(H,25,26). The number of methoxy groups -OCH3 is 1. The second-order valence-corrected chi connectivity index (χ2v) is 7.85. The Morgan fingerprint density at radius 1 is 1.17 bits per heavy atom. The van der Waals surface area contributed by atoms with Gasteiger partial charge in [0.2, 0.25) is 0 Å². The summed E-state index contributed by atoms with van der Waals surface area (Å²) in [5, 5.41) is 6.02. The summed E-state index contributed by atoms with van der Waals surface area (Å²) in [6.07, 6.45) is 1.98. The van der Waals surface area contributed by atoms with Gasteiger partial charge < -0.3 is 20.1 Å². The van der Waals surface area contributed by atoms with Gasteiger partial charge in [-0.3, -0.25) is 9.59 Å². The number of ether oxygens (including phenoxy) is 2. The number of carbonyl (C=O) groups excluding carboxylic acids is 2. The first-order chi connectivity index (χ1) is 13.9. The lowest BCUT2D eigenvalue weighted by Crippen LogP contribution is -2.27. The van der Waals surface area contributed by atoms with E-state index in [-0.39, 0.29) is 17.0 Å². The van der Waals surface area contributed by atoms with Crippen LogP contribution in [0.25, 0.3) is 0 Å². The van der Waals surface area contributed by atoms with Gasteiger partial charge in [0.1, 0.15) is 0 Å². The van der Waals surface area contributed by atoms with Crippen LogP contribution in [0, 0.1) is 5.92 Å². The van der Waals surface area contributed by atoms with Crippen molar-refractivity contribution in [3.05, 3.63) is 52.5 Å². The van der Waals surface area contributed by atoms with Gasteiger partial charge in [-0.25, -0.2) is 0 Å². The fraction of sp³-hybridized carbons (Fsp3) is 0.364. The molecule has 2 aromatic carbocycles. The van der Waals surface area contributed by atoms with E-state index in [2.05, 4.69) is 10.6 Å². The Balaban J connectivity index is 1.80. The molecule has 29 heavy (non-hydrogen) atoms. The highest BCUT2D eigenvalue weighted by Gasteiger charge is 2.25. The van der Waals surface area contributed by atoms with Gasteiger partial charge in [0, 0.05) is 11.6 Å². The molecule has 3 rings (SSSR count). The molecule has 1 saturated carbocycles. The smallest absolute Gasteiger partial charge is 0.255 e. The van der Waals surface area contributed by atoms with E-state index in [4.69, 9.17) is 21.1 Å². The van der Waals surface area contributed by atoms with Crippen molar-refractivity contribution in [1.29, 1.82) is 0 Å². The Hall–Kier alpha value is -2.73. The molecule has 6 nitrogen and oxygen atoms in total. The summed E-state index contributed by atoms with van der Waals surface area (Å²) in [5.41, 5.74) is 1.16. The zero-order valence-electron chi connectivity index (χ0n) is 16.8. The Morgan fingerprint density at radius 3 is 2.55 bits per heavy atom. The maximum atomic E-state index is 12.8. The van der Waals surface area contributed by atoms with Crippen LogP contribution in [-0.4, -0.2) is 31.6 Å². The van der Waals surface area contributed by atoms with Crippen molar-refractivity contribution in [3.63, 3.8) is 0 Å². The van der Waals surface area contributed by atoms with E-state index in [1.54, 1.807) is 30.3 Å². The summed E-state index contributed by atoms with van der Waals surface area (Å²) in [5.74, 6) is 0.507. The molecule has 1 aliphatic carbocycles. The van der Waals surface area contributed by atoms with Gasteiger partial charge in [0.25, 0.3) is 11.8 Å². The number of para-hydroxylation sites is 1. The predicted octanol–water partition coefficient (Wildman–Crippen LogP) is 4.53. The highest BCUT2D eigenvalue weighted by Crippen LogP contribution is 2.37. The number of amides is 2. The molecule has 0 aromatic heterocycles. The minimum Gasteiger partial charge on any atom is -0.493 e. The number of halogens is 1. The molecule has 2 aromatic rings. The van der Waals surface area contributed by atoms with Crippen molar-refractivity contribution in [2.45, 2.75) is 32.7 Å². The van der Waals surface area contributed by atoms with E-state index in [0.29, 0.717) is 40.8 Å². The van der Waals surface area contributed by atoms with Crippen LogP contribution in [-0.2, 0) is 0 Å². The fourth-order valence-corrected chi connectivity index (χ4v) is 2.98. The zero-order valence-corrected chi connectivity index (χ0v) is 17.5. The lowest BCUT2D eigenvalue weighted by atomic mass is 10.1. The monoisotopic (exact) mass is 416 g/mol. The second kappa shape index (κ2) is 9.18. The SMILES string of the molecule is COc1cc(C(=O)Nc2ccccc2C(=O)NC2CC2)cc(Cl)c1OCC(C)C. The first-order valence-electron chi connectivity index (χ1n) is 9.60. The number of carbonyl (C=O) groups is 2. The number of nitrogens with one attached hydrogen (secondary N) is 2. The van der Waals surface area contributed by atoms with Crippen molar-refractivity contribution < 1.29 is 19.1 Å². The van der Waals surface area contributed by atoms with E-state index in [0.717, 1.165) is 12.8 Å². The van der Waals surface area contributed by atoms with Crippen LogP contribution in [0.2, 0.25) is 5.02 Å². The molecular weight excluding hydrogens is 392 g/mol. The molecule has 0 saturated heterocycles. The number of hydrogen-bond acceptors (Lipinski definition) is 4. The van der Waals surface area contributed by atoms with Gasteiger partial charge in [-0.2, -0.15) is 0 Å². The average molecular weight is 417 g/mol. The zero-order chi connectivity index (χ0) is 21.0. The molecule has 0 heterocycles. The van der Waals surface area contributed by atoms with Crippen molar-refractivity contribution in [2.24, 2.45) is 5.92 Å². The van der Waals surface area contributed by atoms with E-state index in [1.807, 2.05) is 13.8 Å². The molecule has 7 heteroatoms. The fourth-order valence-electron chi connectivity index (χ4n) is 2.72. The number of benzene rings is 2. The van der Waals surface area contributed by atoms with Gasteiger partial charge in [-0.15, -0.1) is 0 Å². The molecule has 1 aliphatic rings. The van der Waals surface area contributed by atoms with Crippen molar-refractivity contribution in [2.75, 3.05) is 19.0 Å². The first kappa shape index (κ1) is 21.0. The minimum atomic E-state index is -0.396. The Morgan fingerprint density at radius 2 is 1.90 bits per heavy atom. The Bertz CT molecular complexity index is 910. The van der Waals surface area contributed by atoms with Crippen LogP contribution in [0.5, 0.6) is 11.5 Å².